The summed E-state index contributed by atoms with van der Waals surface area (Å²) in [5.41, 5.74) is 7.39. The number of rotatable bonds is 5. The third-order valence-corrected chi connectivity index (χ3v) is 4.60. The smallest absolute Gasteiger partial charge is 0.414 e. The van der Waals surface area contributed by atoms with E-state index in [4.69, 9.17) is 14.9 Å². The normalized spacial score (nSPS) is 11.0. The minimum atomic E-state index is -0.501. The van der Waals surface area contributed by atoms with Gasteiger partial charge in [0.2, 0.25) is 5.82 Å². The Kier molecular flexibility index (Phi) is 5.17. The van der Waals surface area contributed by atoms with E-state index in [0.29, 0.717) is 34.9 Å². The number of furan rings is 1. The molecule has 4 aromatic rings. The standard InChI is InChI=1S/C19H17BrN6O3/c1-25(9-7-12-4-2-3-8-22-12)19(27)28-13-10-16(21)26-17(11-13)23-18(24-26)14-5-6-15(20)29-14/h2-6,8,10-11H,7,9,21H2,1H3. The minimum absolute atomic E-state index is 0.282. The van der Waals surface area contributed by atoms with Gasteiger partial charge in [-0.1, -0.05) is 6.07 Å². The summed E-state index contributed by atoms with van der Waals surface area (Å²) in [6, 6.07) is 12.3. The second-order valence-corrected chi connectivity index (χ2v) is 7.07. The highest BCUT2D eigenvalue weighted by Crippen LogP contribution is 2.25. The molecule has 2 N–H and O–H groups in total. The van der Waals surface area contributed by atoms with Gasteiger partial charge < -0.3 is 19.8 Å². The Bertz CT molecular complexity index is 1160. The zero-order chi connectivity index (χ0) is 20.4. The van der Waals surface area contributed by atoms with Crippen LogP contribution in [-0.4, -0.2) is 44.2 Å². The fourth-order valence-corrected chi connectivity index (χ4v) is 2.99. The maximum absolute atomic E-state index is 12.4. The van der Waals surface area contributed by atoms with Crippen molar-refractivity contribution in [1.82, 2.24) is 24.5 Å². The number of hydrogen-bond acceptors (Lipinski definition) is 7. The number of likely N-dealkylation sites (N-methyl/N-ethyl adjacent to an activating group) is 1. The molecule has 29 heavy (non-hydrogen) atoms. The van der Waals surface area contributed by atoms with E-state index in [1.165, 1.54) is 15.5 Å². The average Bonchev–Trinajstić information content (AvgIpc) is 3.33. The predicted octanol–water partition coefficient (Wildman–Crippen LogP) is 3.40. The van der Waals surface area contributed by atoms with E-state index in [1.807, 2.05) is 18.2 Å². The van der Waals surface area contributed by atoms with Crippen molar-refractivity contribution in [2.45, 2.75) is 6.42 Å². The van der Waals surface area contributed by atoms with Crippen molar-refractivity contribution >= 4 is 33.5 Å². The first-order valence-electron chi connectivity index (χ1n) is 8.74. The number of anilines is 1. The van der Waals surface area contributed by atoms with Gasteiger partial charge in [-0.25, -0.2) is 9.78 Å². The van der Waals surface area contributed by atoms with Crippen LogP contribution in [0.3, 0.4) is 0 Å². The van der Waals surface area contributed by atoms with Crippen molar-refractivity contribution in [3.05, 3.63) is 59.0 Å². The Balaban J connectivity index is 1.48. The lowest BCUT2D eigenvalue weighted by atomic mass is 10.2. The first-order valence-corrected chi connectivity index (χ1v) is 9.54. The molecule has 0 spiro atoms. The Morgan fingerprint density at radius 3 is 2.90 bits per heavy atom. The predicted molar refractivity (Wildman–Crippen MR) is 109 cm³/mol. The number of nitrogens with zero attached hydrogens (tertiary/aromatic N) is 5. The number of pyridine rings is 2. The molecular formula is C19H17BrN6O3. The van der Waals surface area contributed by atoms with E-state index in [0.717, 1.165) is 5.69 Å². The molecule has 0 aliphatic heterocycles. The number of fused-ring (bicyclic) bond motifs is 1. The molecule has 0 aliphatic carbocycles. The topological polar surface area (TPSA) is 112 Å². The summed E-state index contributed by atoms with van der Waals surface area (Å²) in [7, 11) is 1.66. The van der Waals surface area contributed by atoms with Crippen LogP contribution in [0.25, 0.3) is 17.2 Å². The van der Waals surface area contributed by atoms with Crippen molar-refractivity contribution in [3.8, 4) is 17.3 Å². The van der Waals surface area contributed by atoms with Crippen molar-refractivity contribution in [2.75, 3.05) is 19.3 Å². The molecule has 4 rings (SSSR count). The van der Waals surface area contributed by atoms with Crippen molar-refractivity contribution in [3.63, 3.8) is 0 Å². The summed E-state index contributed by atoms with van der Waals surface area (Å²) >= 11 is 3.25. The summed E-state index contributed by atoms with van der Waals surface area (Å²) < 4.78 is 12.9. The lowest BCUT2D eigenvalue weighted by Crippen LogP contribution is -2.31. The number of nitrogen functional groups attached to an aromatic ring is 1. The molecule has 0 fully saturated rings. The van der Waals surface area contributed by atoms with Crippen LogP contribution in [-0.2, 0) is 6.42 Å². The van der Waals surface area contributed by atoms with E-state index in [-0.39, 0.29) is 11.6 Å². The molecule has 4 heterocycles. The highest BCUT2D eigenvalue weighted by molar-refractivity contribution is 9.10. The van der Waals surface area contributed by atoms with E-state index < -0.39 is 6.09 Å². The van der Waals surface area contributed by atoms with Crippen LogP contribution >= 0.6 is 15.9 Å². The maximum Gasteiger partial charge on any atom is 0.414 e. The number of amides is 1. The monoisotopic (exact) mass is 456 g/mol. The summed E-state index contributed by atoms with van der Waals surface area (Å²) in [5, 5.41) is 4.32. The third kappa shape index (κ3) is 4.21. The maximum atomic E-state index is 12.4. The largest absolute Gasteiger partial charge is 0.446 e. The Labute approximate surface area is 174 Å². The molecule has 10 heteroatoms. The fraction of sp³-hybridized carbons (Fsp3) is 0.158. The van der Waals surface area contributed by atoms with Crippen LogP contribution in [0.15, 0.2) is 57.7 Å². The minimum Gasteiger partial charge on any atom is -0.446 e. The Hall–Kier alpha value is -3.40. The summed E-state index contributed by atoms with van der Waals surface area (Å²) in [5.74, 6) is 1.43. The molecule has 0 radical (unpaired) electrons. The molecule has 0 atom stereocenters. The average molecular weight is 457 g/mol. The molecule has 0 unspecified atom stereocenters. The van der Waals surface area contributed by atoms with E-state index in [9.17, 15) is 4.79 Å². The van der Waals surface area contributed by atoms with Gasteiger partial charge in [0.05, 0.1) is 0 Å². The van der Waals surface area contributed by atoms with Crippen LogP contribution < -0.4 is 10.5 Å². The van der Waals surface area contributed by atoms with Crippen LogP contribution in [0.2, 0.25) is 0 Å². The second kappa shape index (κ2) is 7.92. The SMILES string of the molecule is CN(CCc1ccccn1)C(=O)Oc1cc(N)n2nc(-c3ccc(Br)o3)nc2c1. The zero-order valence-electron chi connectivity index (χ0n) is 15.4. The number of halogens is 1. The number of nitrogens with two attached hydrogens (primary N) is 1. The van der Waals surface area contributed by atoms with Gasteiger partial charge in [-0.2, -0.15) is 4.52 Å². The van der Waals surface area contributed by atoms with Gasteiger partial charge in [0.15, 0.2) is 16.1 Å². The van der Waals surface area contributed by atoms with Gasteiger partial charge in [0, 0.05) is 44.0 Å². The summed E-state index contributed by atoms with van der Waals surface area (Å²) in [4.78, 5) is 22.5. The lowest BCUT2D eigenvalue weighted by molar-refractivity contribution is 0.163. The molecule has 0 saturated carbocycles. The Morgan fingerprint density at radius 2 is 2.17 bits per heavy atom. The molecule has 148 valence electrons. The van der Waals surface area contributed by atoms with Crippen molar-refractivity contribution < 1.29 is 13.9 Å². The number of carbonyl (C=O) groups excluding carboxylic acids is 1. The van der Waals surface area contributed by atoms with Crippen LogP contribution in [0.4, 0.5) is 10.6 Å². The van der Waals surface area contributed by atoms with Gasteiger partial charge in [-0.05, 0) is 40.2 Å². The lowest BCUT2D eigenvalue weighted by Gasteiger charge is -2.16. The Morgan fingerprint density at radius 1 is 1.31 bits per heavy atom. The molecular weight excluding hydrogens is 440 g/mol. The molecule has 0 aromatic carbocycles. The number of carbonyl (C=O) groups is 1. The summed E-state index contributed by atoms with van der Waals surface area (Å²) in [6.45, 7) is 0.468. The van der Waals surface area contributed by atoms with Gasteiger partial charge in [-0.3, -0.25) is 4.98 Å². The highest BCUT2D eigenvalue weighted by Gasteiger charge is 2.16. The molecule has 0 aliphatic rings. The van der Waals surface area contributed by atoms with Gasteiger partial charge in [0.1, 0.15) is 11.6 Å². The number of hydrogen-bond donors (Lipinski definition) is 1. The number of aromatic nitrogens is 4. The number of ether oxygens (including phenoxy) is 1. The zero-order valence-corrected chi connectivity index (χ0v) is 17.0. The molecule has 1 amide bonds. The molecule has 0 saturated heterocycles. The van der Waals surface area contributed by atoms with Crippen LogP contribution in [0.5, 0.6) is 5.75 Å². The van der Waals surface area contributed by atoms with Gasteiger partial charge in [-0.15, -0.1) is 5.10 Å². The molecule has 9 nitrogen and oxygen atoms in total. The fourth-order valence-electron chi connectivity index (χ4n) is 2.68. The third-order valence-electron chi connectivity index (χ3n) is 4.18. The van der Waals surface area contributed by atoms with Crippen LogP contribution in [0.1, 0.15) is 5.69 Å². The van der Waals surface area contributed by atoms with E-state index in [1.54, 1.807) is 31.4 Å². The summed E-state index contributed by atoms with van der Waals surface area (Å²) in [6.07, 6.45) is 1.85. The molecule has 0 bridgehead atoms. The van der Waals surface area contributed by atoms with Crippen LogP contribution in [0, 0.1) is 0 Å². The van der Waals surface area contributed by atoms with Crippen molar-refractivity contribution in [2.24, 2.45) is 0 Å². The molecule has 4 aromatic heterocycles. The second-order valence-electron chi connectivity index (χ2n) is 6.29. The van der Waals surface area contributed by atoms with Gasteiger partial charge in [0.25, 0.3) is 0 Å². The van der Waals surface area contributed by atoms with E-state index in [2.05, 4.69) is 31.0 Å². The quantitative estimate of drug-likeness (QED) is 0.489. The first-order chi connectivity index (χ1) is 14.0. The van der Waals surface area contributed by atoms with Gasteiger partial charge >= 0.3 is 6.09 Å². The van der Waals surface area contributed by atoms with E-state index >= 15 is 0 Å². The highest BCUT2D eigenvalue weighted by atomic mass is 79.9. The first kappa shape index (κ1) is 18.9. The van der Waals surface area contributed by atoms with Crippen molar-refractivity contribution in [1.29, 1.82) is 0 Å².